The Hall–Kier alpha value is -3.55. The minimum absolute atomic E-state index is 0.145. The maximum Gasteiger partial charge on any atom is 0.410 e. The summed E-state index contributed by atoms with van der Waals surface area (Å²) in [5, 5.41) is 0. The predicted molar refractivity (Wildman–Crippen MR) is 131 cm³/mol. The number of carbonyl (C=O) groups is 3. The fraction of sp³-hybridized carbons (Fsp3) is 0.444. The molecule has 0 saturated carbocycles. The van der Waals surface area contributed by atoms with Crippen molar-refractivity contribution in [2.24, 2.45) is 0 Å². The highest BCUT2D eigenvalue weighted by atomic mass is 16.6. The van der Waals surface area contributed by atoms with Crippen molar-refractivity contribution in [3.05, 3.63) is 71.8 Å². The van der Waals surface area contributed by atoms with E-state index in [-0.39, 0.29) is 24.8 Å². The van der Waals surface area contributed by atoms with Crippen LogP contribution in [0.15, 0.2) is 60.7 Å². The molecule has 4 rings (SSSR count). The summed E-state index contributed by atoms with van der Waals surface area (Å²) in [6, 6.07) is 17.9. The van der Waals surface area contributed by atoms with Gasteiger partial charge in [0.15, 0.2) is 0 Å². The van der Waals surface area contributed by atoms with Gasteiger partial charge in [-0.3, -0.25) is 0 Å². The van der Waals surface area contributed by atoms with Crippen LogP contribution in [0.25, 0.3) is 0 Å². The quantitative estimate of drug-likeness (QED) is 0.591. The van der Waals surface area contributed by atoms with E-state index in [4.69, 9.17) is 9.47 Å². The standard InChI is InChI=1S/C27H33N3O5/c1-27(2,3)35-26(33)28-14-15-29-22(17-28)18-30(25(29)32)23(16-20-10-6-4-7-11-20)24(31)34-19-21-12-8-5-9-13-21/h4-13,22-23H,14-19H2,1-3H3. The summed E-state index contributed by atoms with van der Waals surface area (Å²) in [5.74, 6) is -0.435. The van der Waals surface area contributed by atoms with E-state index < -0.39 is 17.6 Å². The highest BCUT2D eigenvalue weighted by Gasteiger charge is 2.46. The van der Waals surface area contributed by atoms with Gasteiger partial charge in [-0.2, -0.15) is 0 Å². The molecule has 2 aliphatic heterocycles. The molecule has 8 heteroatoms. The zero-order valence-electron chi connectivity index (χ0n) is 20.6. The van der Waals surface area contributed by atoms with E-state index in [0.717, 1.165) is 11.1 Å². The Morgan fingerprint density at radius 1 is 0.943 bits per heavy atom. The van der Waals surface area contributed by atoms with Crippen molar-refractivity contribution in [3.63, 3.8) is 0 Å². The number of fused-ring (bicyclic) bond motifs is 1. The van der Waals surface area contributed by atoms with E-state index in [1.54, 1.807) is 14.7 Å². The van der Waals surface area contributed by atoms with E-state index in [2.05, 4.69) is 0 Å². The number of hydrogen-bond acceptors (Lipinski definition) is 5. The normalized spacial score (nSPS) is 18.8. The number of benzene rings is 2. The number of nitrogens with zero attached hydrogens (tertiary/aromatic N) is 3. The molecular weight excluding hydrogens is 446 g/mol. The van der Waals surface area contributed by atoms with Crippen molar-refractivity contribution in [3.8, 4) is 0 Å². The van der Waals surface area contributed by atoms with Crippen LogP contribution < -0.4 is 0 Å². The number of ether oxygens (including phenoxy) is 2. The van der Waals surface area contributed by atoms with Crippen LogP contribution in [0.1, 0.15) is 31.9 Å². The molecule has 186 valence electrons. The predicted octanol–water partition coefficient (Wildman–Crippen LogP) is 3.70. The number of piperazine rings is 1. The van der Waals surface area contributed by atoms with Crippen LogP contribution in [0.2, 0.25) is 0 Å². The summed E-state index contributed by atoms with van der Waals surface area (Å²) in [4.78, 5) is 44.2. The second kappa shape index (κ2) is 10.4. The first-order valence-corrected chi connectivity index (χ1v) is 12.0. The highest BCUT2D eigenvalue weighted by molar-refractivity contribution is 5.86. The van der Waals surface area contributed by atoms with Gasteiger partial charge in [0.2, 0.25) is 0 Å². The van der Waals surface area contributed by atoms with Crippen molar-refractivity contribution >= 4 is 18.1 Å². The molecule has 2 atom stereocenters. The molecule has 35 heavy (non-hydrogen) atoms. The summed E-state index contributed by atoms with van der Waals surface area (Å²) in [7, 11) is 0. The minimum atomic E-state index is -0.755. The Morgan fingerprint density at radius 2 is 1.57 bits per heavy atom. The third kappa shape index (κ3) is 6.12. The second-order valence-electron chi connectivity index (χ2n) is 10.0. The SMILES string of the molecule is CC(C)(C)OC(=O)N1CCN2C(=O)N(C(Cc3ccccc3)C(=O)OCc3ccccc3)CC2C1. The van der Waals surface area contributed by atoms with Gasteiger partial charge >= 0.3 is 18.1 Å². The summed E-state index contributed by atoms with van der Waals surface area (Å²) >= 11 is 0. The van der Waals surface area contributed by atoms with Gasteiger partial charge < -0.3 is 24.2 Å². The Labute approximate surface area is 206 Å². The van der Waals surface area contributed by atoms with Crippen LogP contribution in [-0.4, -0.2) is 76.7 Å². The van der Waals surface area contributed by atoms with Crippen LogP contribution in [0, 0.1) is 0 Å². The van der Waals surface area contributed by atoms with E-state index in [1.165, 1.54) is 0 Å². The van der Waals surface area contributed by atoms with Gasteiger partial charge in [-0.1, -0.05) is 60.7 Å². The Balaban J connectivity index is 1.48. The minimum Gasteiger partial charge on any atom is -0.459 e. The molecule has 2 aliphatic rings. The van der Waals surface area contributed by atoms with Crippen LogP contribution in [0.3, 0.4) is 0 Å². The smallest absolute Gasteiger partial charge is 0.410 e. The fourth-order valence-electron chi connectivity index (χ4n) is 4.47. The van der Waals surface area contributed by atoms with E-state index >= 15 is 0 Å². The molecule has 2 unspecified atom stereocenters. The van der Waals surface area contributed by atoms with Crippen molar-refractivity contribution in [1.82, 2.24) is 14.7 Å². The Morgan fingerprint density at radius 3 is 2.20 bits per heavy atom. The van der Waals surface area contributed by atoms with Gasteiger partial charge in [-0.15, -0.1) is 0 Å². The van der Waals surface area contributed by atoms with Gasteiger partial charge in [-0.25, -0.2) is 14.4 Å². The number of hydrogen-bond donors (Lipinski definition) is 0. The monoisotopic (exact) mass is 479 g/mol. The van der Waals surface area contributed by atoms with Crippen molar-refractivity contribution in [2.75, 3.05) is 26.2 Å². The van der Waals surface area contributed by atoms with Crippen LogP contribution >= 0.6 is 0 Å². The molecule has 0 radical (unpaired) electrons. The molecule has 2 aromatic carbocycles. The summed E-state index contributed by atoms with van der Waals surface area (Å²) in [5.41, 5.74) is 1.24. The first-order chi connectivity index (χ1) is 16.7. The zero-order chi connectivity index (χ0) is 25.0. The maximum atomic E-state index is 13.4. The average molecular weight is 480 g/mol. The van der Waals surface area contributed by atoms with Gasteiger partial charge in [0.05, 0.1) is 6.04 Å². The topological polar surface area (TPSA) is 79.4 Å². The molecule has 2 heterocycles. The number of rotatable bonds is 6. The lowest BCUT2D eigenvalue weighted by atomic mass is 10.0. The summed E-state index contributed by atoms with van der Waals surface area (Å²) in [6.07, 6.45) is -0.0255. The first-order valence-electron chi connectivity index (χ1n) is 12.0. The third-order valence-corrected chi connectivity index (χ3v) is 6.18. The van der Waals surface area contributed by atoms with Gasteiger partial charge in [0.25, 0.3) is 0 Å². The van der Waals surface area contributed by atoms with E-state index in [1.807, 2.05) is 81.4 Å². The molecule has 3 amide bonds. The van der Waals surface area contributed by atoms with Gasteiger partial charge in [-0.05, 0) is 31.9 Å². The average Bonchev–Trinajstić information content (AvgIpc) is 3.16. The van der Waals surface area contributed by atoms with Crippen LogP contribution in [0.5, 0.6) is 0 Å². The summed E-state index contributed by atoms with van der Waals surface area (Å²) in [6.45, 7) is 7.14. The maximum absolute atomic E-state index is 13.4. The van der Waals surface area contributed by atoms with Crippen molar-refractivity contribution in [1.29, 1.82) is 0 Å². The zero-order valence-corrected chi connectivity index (χ0v) is 20.6. The van der Waals surface area contributed by atoms with Crippen LogP contribution in [-0.2, 0) is 27.3 Å². The number of amides is 3. The molecule has 2 aromatic rings. The Bertz CT molecular complexity index is 1040. The molecule has 2 fully saturated rings. The number of carbonyl (C=O) groups excluding carboxylic acids is 3. The van der Waals surface area contributed by atoms with Crippen LogP contribution in [0.4, 0.5) is 9.59 Å². The molecular formula is C27H33N3O5. The van der Waals surface area contributed by atoms with E-state index in [9.17, 15) is 14.4 Å². The number of urea groups is 1. The Kier molecular flexibility index (Phi) is 7.28. The second-order valence-corrected chi connectivity index (χ2v) is 10.0. The van der Waals surface area contributed by atoms with E-state index in [0.29, 0.717) is 32.6 Å². The van der Waals surface area contributed by atoms with Gasteiger partial charge in [0, 0.05) is 32.6 Å². The molecule has 0 bridgehead atoms. The lowest BCUT2D eigenvalue weighted by molar-refractivity contribution is -0.150. The third-order valence-electron chi connectivity index (χ3n) is 6.18. The first kappa shape index (κ1) is 24.6. The summed E-state index contributed by atoms with van der Waals surface area (Å²) < 4.78 is 11.2. The lowest BCUT2D eigenvalue weighted by Crippen LogP contribution is -2.54. The fourth-order valence-corrected chi connectivity index (χ4v) is 4.47. The molecule has 2 saturated heterocycles. The molecule has 0 spiro atoms. The largest absolute Gasteiger partial charge is 0.459 e. The van der Waals surface area contributed by atoms with Crippen molar-refractivity contribution < 1.29 is 23.9 Å². The molecule has 0 aliphatic carbocycles. The van der Waals surface area contributed by atoms with Crippen molar-refractivity contribution in [2.45, 2.75) is 51.5 Å². The molecule has 8 nitrogen and oxygen atoms in total. The molecule has 0 aromatic heterocycles. The molecule has 0 N–H and O–H groups in total. The highest BCUT2D eigenvalue weighted by Crippen LogP contribution is 2.26. The van der Waals surface area contributed by atoms with Gasteiger partial charge in [0.1, 0.15) is 18.2 Å². The lowest BCUT2D eigenvalue weighted by Gasteiger charge is -2.37. The number of esters is 1.